The van der Waals surface area contributed by atoms with E-state index in [9.17, 15) is 0 Å². The second kappa shape index (κ2) is 5.33. The smallest absolute Gasteiger partial charge is 0.224 e. The van der Waals surface area contributed by atoms with Gasteiger partial charge < -0.3 is 5.32 Å². The van der Waals surface area contributed by atoms with Crippen molar-refractivity contribution >= 4 is 16.9 Å². The van der Waals surface area contributed by atoms with Gasteiger partial charge in [-0.2, -0.15) is 5.26 Å². The lowest BCUT2D eigenvalue weighted by Crippen LogP contribution is -2.05. The van der Waals surface area contributed by atoms with Crippen LogP contribution in [0, 0.1) is 11.3 Å². The van der Waals surface area contributed by atoms with Crippen molar-refractivity contribution in [2.75, 3.05) is 5.32 Å². The average Bonchev–Trinajstić information content (AvgIpc) is 2.53. The van der Waals surface area contributed by atoms with Gasteiger partial charge in [-0.1, -0.05) is 24.3 Å². The second-order valence-electron chi connectivity index (χ2n) is 4.22. The van der Waals surface area contributed by atoms with Crippen LogP contribution in [0.25, 0.3) is 10.9 Å². The Balaban J connectivity index is 1.85. The van der Waals surface area contributed by atoms with Crippen LogP contribution in [-0.4, -0.2) is 15.0 Å². The first-order valence-electron chi connectivity index (χ1n) is 6.16. The SMILES string of the molecule is N#Cc1ccnc(NCc2cccc3cccnc23)n1. The monoisotopic (exact) mass is 261 g/mol. The van der Waals surface area contributed by atoms with E-state index in [-0.39, 0.29) is 0 Å². The molecule has 0 radical (unpaired) electrons. The number of benzene rings is 1. The Bertz CT molecular complexity index is 786. The summed E-state index contributed by atoms with van der Waals surface area (Å²) in [6, 6.07) is 13.5. The van der Waals surface area contributed by atoms with Gasteiger partial charge in [0.2, 0.25) is 5.95 Å². The van der Waals surface area contributed by atoms with E-state index in [0.717, 1.165) is 16.5 Å². The highest BCUT2D eigenvalue weighted by Crippen LogP contribution is 2.16. The Labute approximate surface area is 116 Å². The summed E-state index contributed by atoms with van der Waals surface area (Å²) in [5.41, 5.74) is 2.37. The molecule has 0 saturated carbocycles. The van der Waals surface area contributed by atoms with Gasteiger partial charge in [0.25, 0.3) is 0 Å². The molecule has 0 aliphatic carbocycles. The zero-order chi connectivity index (χ0) is 13.8. The molecule has 0 unspecified atom stereocenters. The maximum atomic E-state index is 8.81. The van der Waals surface area contributed by atoms with E-state index in [1.807, 2.05) is 36.4 Å². The zero-order valence-corrected chi connectivity index (χ0v) is 10.6. The minimum absolute atomic E-state index is 0.346. The van der Waals surface area contributed by atoms with Gasteiger partial charge in [-0.3, -0.25) is 4.98 Å². The number of para-hydroxylation sites is 1. The van der Waals surface area contributed by atoms with Crippen LogP contribution in [0.1, 0.15) is 11.3 Å². The maximum absolute atomic E-state index is 8.81. The van der Waals surface area contributed by atoms with E-state index in [2.05, 4.69) is 20.3 Å². The summed E-state index contributed by atoms with van der Waals surface area (Å²) in [6.45, 7) is 0.559. The fourth-order valence-electron chi connectivity index (χ4n) is 1.99. The molecule has 96 valence electrons. The van der Waals surface area contributed by atoms with Gasteiger partial charge in [0.05, 0.1) is 5.52 Å². The summed E-state index contributed by atoms with van der Waals surface area (Å²) in [4.78, 5) is 12.6. The van der Waals surface area contributed by atoms with Gasteiger partial charge in [0.1, 0.15) is 11.8 Å². The highest BCUT2D eigenvalue weighted by molar-refractivity contribution is 5.81. The fraction of sp³-hybridized carbons (Fsp3) is 0.0667. The summed E-state index contributed by atoms with van der Waals surface area (Å²) >= 11 is 0. The van der Waals surface area contributed by atoms with Crippen molar-refractivity contribution in [3.8, 4) is 6.07 Å². The summed E-state index contributed by atoms with van der Waals surface area (Å²) in [6.07, 6.45) is 3.34. The van der Waals surface area contributed by atoms with Crippen LogP contribution in [0.4, 0.5) is 5.95 Å². The molecule has 0 fully saturated rings. The third kappa shape index (κ3) is 2.40. The van der Waals surface area contributed by atoms with Crippen molar-refractivity contribution in [1.82, 2.24) is 15.0 Å². The van der Waals surface area contributed by atoms with Crippen LogP contribution in [0.2, 0.25) is 0 Å². The molecule has 3 aromatic rings. The van der Waals surface area contributed by atoms with E-state index in [1.165, 1.54) is 0 Å². The van der Waals surface area contributed by atoms with Crippen molar-refractivity contribution in [3.63, 3.8) is 0 Å². The third-order valence-electron chi connectivity index (χ3n) is 2.92. The quantitative estimate of drug-likeness (QED) is 0.784. The van der Waals surface area contributed by atoms with Gasteiger partial charge in [-0.05, 0) is 17.7 Å². The van der Waals surface area contributed by atoms with Crippen LogP contribution in [0.5, 0.6) is 0 Å². The lowest BCUT2D eigenvalue weighted by Gasteiger charge is -2.07. The third-order valence-corrected chi connectivity index (χ3v) is 2.92. The number of hydrogen-bond acceptors (Lipinski definition) is 5. The Hall–Kier alpha value is -3.00. The molecular weight excluding hydrogens is 250 g/mol. The van der Waals surface area contributed by atoms with E-state index in [4.69, 9.17) is 5.26 Å². The molecule has 0 saturated heterocycles. The van der Waals surface area contributed by atoms with Gasteiger partial charge in [-0.25, -0.2) is 9.97 Å². The molecule has 1 aromatic carbocycles. The molecule has 0 atom stereocenters. The van der Waals surface area contributed by atoms with Crippen LogP contribution in [-0.2, 0) is 6.54 Å². The molecular formula is C15H11N5. The Kier molecular flexibility index (Phi) is 3.21. The fourth-order valence-corrected chi connectivity index (χ4v) is 1.99. The summed E-state index contributed by atoms with van der Waals surface area (Å²) in [5.74, 6) is 0.442. The number of anilines is 1. The van der Waals surface area contributed by atoms with Gasteiger partial charge >= 0.3 is 0 Å². The van der Waals surface area contributed by atoms with E-state index in [1.54, 1.807) is 18.5 Å². The first kappa shape index (κ1) is 12.1. The number of pyridine rings is 1. The molecule has 5 nitrogen and oxygen atoms in total. The molecule has 5 heteroatoms. The van der Waals surface area contributed by atoms with Crippen molar-refractivity contribution in [1.29, 1.82) is 5.26 Å². The first-order chi connectivity index (χ1) is 9.86. The standard InChI is InChI=1S/C15H11N5/c16-9-13-6-8-18-15(20-13)19-10-12-4-1-3-11-5-2-7-17-14(11)12/h1-8H,10H2,(H,18,19,20). The topological polar surface area (TPSA) is 74.5 Å². The minimum Gasteiger partial charge on any atom is -0.350 e. The highest BCUT2D eigenvalue weighted by Gasteiger charge is 2.03. The predicted octanol–water partition coefficient (Wildman–Crippen LogP) is 2.51. The number of rotatable bonds is 3. The van der Waals surface area contributed by atoms with Crippen molar-refractivity contribution in [3.05, 3.63) is 60.0 Å². The molecule has 2 heterocycles. The largest absolute Gasteiger partial charge is 0.350 e. The van der Waals surface area contributed by atoms with E-state index in [0.29, 0.717) is 18.2 Å². The van der Waals surface area contributed by atoms with Crippen LogP contribution in [0.15, 0.2) is 48.8 Å². The van der Waals surface area contributed by atoms with E-state index < -0.39 is 0 Å². The Morgan fingerprint density at radius 2 is 1.95 bits per heavy atom. The number of nitrogens with one attached hydrogen (secondary N) is 1. The van der Waals surface area contributed by atoms with Crippen molar-refractivity contribution < 1.29 is 0 Å². The molecule has 1 N–H and O–H groups in total. The van der Waals surface area contributed by atoms with Crippen molar-refractivity contribution in [2.24, 2.45) is 0 Å². The molecule has 20 heavy (non-hydrogen) atoms. The van der Waals surface area contributed by atoms with Gasteiger partial charge in [-0.15, -0.1) is 0 Å². The molecule has 2 aromatic heterocycles. The minimum atomic E-state index is 0.346. The molecule has 0 bridgehead atoms. The average molecular weight is 261 g/mol. The maximum Gasteiger partial charge on any atom is 0.224 e. The van der Waals surface area contributed by atoms with Crippen LogP contribution < -0.4 is 5.32 Å². The Morgan fingerprint density at radius 1 is 1.05 bits per heavy atom. The second-order valence-corrected chi connectivity index (χ2v) is 4.22. The number of hydrogen-bond donors (Lipinski definition) is 1. The number of aromatic nitrogens is 3. The first-order valence-corrected chi connectivity index (χ1v) is 6.16. The molecule has 0 amide bonds. The van der Waals surface area contributed by atoms with Crippen LogP contribution in [0.3, 0.4) is 0 Å². The number of fused-ring (bicyclic) bond motifs is 1. The molecule has 0 aliphatic heterocycles. The molecule has 3 rings (SSSR count). The summed E-state index contributed by atoms with van der Waals surface area (Å²) in [7, 11) is 0. The highest BCUT2D eigenvalue weighted by atomic mass is 15.1. The summed E-state index contributed by atoms with van der Waals surface area (Å²) in [5, 5.41) is 13.0. The Morgan fingerprint density at radius 3 is 2.85 bits per heavy atom. The van der Waals surface area contributed by atoms with E-state index >= 15 is 0 Å². The predicted molar refractivity (Wildman–Crippen MR) is 75.8 cm³/mol. The van der Waals surface area contributed by atoms with Crippen LogP contribution >= 0.6 is 0 Å². The normalized spacial score (nSPS) is 10.2. The molecule has 0 aliphatic rings. The van der Waals surface area contributed by atoms with Gasteiger partial charge in [0, 0.05) is 24.3 Å². The number of nitriles is 1. The van der Waals surface area contributed by atoms with Crippen molar-refractivity contribution in [2.45, 2.75) is 6.54 Å². The lowest BCUT2D eigenvalue weighted by molar-refractivity contribution is 1.05. The summed E-state index contributed by atoms with van der Waals surface area (Å²) < 4.78 is 0. The van der Waals surface area contributed by atoms with Gasteiger partial charge in [0.15, 0.2) is 0 Å². The molecule has 0 spiro atoms. The zero-order valence-electron chi connectivity index (χ0n) is 10.6. The number of nitrogens with zero attached hydrogens (tertiary/aromatic N) is 4. The lowest BCUT2D eigenvalue weighted by atomic mass is 10.1.